The molecule has 0 N–H and O–H groups in total. The standard InChI is InChI=1S/C20H40O3Si/c1-8-10-11-12-13-15-18(16-14-17-19(21)22-9-2)23-24(6,7)20(3,4)5/h14,17-18H,8-13,15-16H2,1-7H3/b17-14-/t18-/m1/s1. The maximum Gasteiger partial charge on any atom is 0.330 e. The van der Waals surface area contributed by atoms with Crippen LogP contribution in [0.1, 0.15) is 79.6 Å². The summed E-state index contributed by atoms with van der Waals surface area (Å²) in [5.41, 5.74) is 0. The zero-order valence-corrected chi connectivity index (χ0v) is 18.1. The topological polar surface area (TPSA) is 35.5 Å². The average Bonchev–Trinajstić information content (AvgIpc) is 2.45. The molecule has 0 aliphatic carbocycles. The lowest BCUT2D eigenvalue weighted by Gasteiger charge is -2.39. The molecule has 0 radical (unpaired) electrons. The van der Waals surface area contributed by atoms with Crippen LogP contribution in [0.15, 0.2) is 12.2 Å². The molecule has 0 spiro atoms. The molecule has 0 rings (SSSR count). The largest absolute Gasteiger partial charge is 0.463 e. The van der Waals surface area contributed by atoms with Crippen molar-refractivity contribution in [2.75, 3.05) is 6.61 Å². The molecule has 0 heterocycles. The Hall–Kier alpha value is -0.613. The molecule has 3 nitrogen and oxygen atoms in total. The van der Waals surface area contributed by atoms with Gasteiger partial charge in [0.05, 0.1) is 6.61 Å². The minimum Gasteiger partial charge on any atom is -0.463 e. The van der Waals surface area contributed by atoms with Crippen molar-refractivity contribution in [2.45, 2.75) is 104 Å². The number of esters is 1. The number of ether oxygens (including phenoxy) is 1. The van der Waals surface area contributed by atoms with E-state index in [-0.39, 0.29) is 17.1 Å². The molecule has 0 unspecified atom stereocenters. The second kappa shape index (κ2) is 11.9. The summed E-state index contributed by atoms with van der Waals surface area (Å²) in [6, 6.07) is 0. The fourth-order valence-electron chi connectivity index (χ4n) is 2.30. The van der Waals surface area contributed by atoms with Crippen molar-refractivity contribution in [1.82, 2.24) is 0 Å². The first-order chi connectivity index (χ1) is 11.1. The van der Waals surface area contributed by atoms with Gasteiger partial charge in [-0.15, -0.1) is 0 Å². The zero-order chi connectivity index (χ0) is 18.6. The van der Waals surface area contributed by atoms with Crippen LogP contribution < -0.4 is 0 Å². The van der Waals surface area contributed by atoms with Gasteiger partial charge in [-0.1, -0.05) is 65.9 Å². The van der Waals surface area contributed by atoms with E-state index in [0.29, 0.717) is 6.61 Å². The Labute approximate surface area is 151 Å². The zero-order valence-electron chi connectivity index (χ0n) is 17.1. The third-order valence-corrected chi connectivity index (χ3v) is 9.37. The molecule has 1 atom stereocenters. The number of carbonyl (C=O) groups is 1. The number of rotatable bonds is 12. The second-order valence-corrected chi connectivity index (χ2v) is 12.8. The molecule has 0 aromatic rings. The van der Waals surface area contributed by atoms with E-state index in [1.54, 1.807) is 6.08 Å². The molecule has 0 bridgehead atoms. The van der Waals surface area contributed by atoms with Crippen molar-refractivity contribution < 1.29 is 14.0 Å². The van der Waals surface area contributed by atoms with Gasteiger partial charge < -0.3 is 9.16 Å². The van der Waals surface area contributed by atoms with E-state index >= 15 is 0 Å². The first-order valence-corrected chi connectivity index (χ1v) is 12.6. The molecule has 24 heavy (non-hydrogen) atoms. The minimum atomic E-state index is -1.79. The lowest BCUT2D eigenvalue weighted by molar-refractivity contribution is -0.137. The number of unbranched alkanes of at least 4 members (excludes halogenated alkanes) is 4. The molecule has 0 aliphatic rings. The molecule has 0 aromatic carbocycles. The Kier molecular flexibility index (Phi) is 11.6. The summed E-state index contributed by atoms with van der Waals surface area (Å²) in [5.74, 6) is -0.258. The highest BCUT2D eigenvalue weighted by Crippen LogP contribution is 2.38. The Balaban J connectivity index is 4.62. The normalized spacial score (nSPS) is 14.1. The van der Waals surface area contributed by atoms with Crippen LogP contribution >= 0.6 is 0 Å². The monoisotopic (exact) mass is 356 g/mol. The van der Waals surface area contributed by atoms with Gasteiger partial charge in [-0.25, -0.2) is 4.79 Å². The van der Waals surface area contributed by atoms with Gasteiger partial charge in [0.25, 0.3) is 0 Å². The molecule has 0 aromatic heterocycles. The molecule has 4 heteroatoms. The third-order valence-electron chi connectivity index (χ3n) is 4.84. The highest BCUT2D eigenvalue weighted by Gasteiger charge is 2.38. The highest BCUT2D eigenvalue weighted by molar-refractivity contribution is 6.74. The van der Waals surface area contributed by atoms with Crippen LogP contribution in [0.3, 0.4) is 0 Å². The van der Waals surface area contributed by atoms with Crippen LogP contribution in [0.4, 0.5) is 0 Å². The molecule has 0 saturated carbocycles. The Morgan fingerprint density at radius 2 is 1.71 bits per heavy atom. The number of hydrogen-bond acceptors (Lipinski definition) is 3. The summed E-state index contributed by atoms with van der Waals surface area (Å²) in [4.78, 5) is 11.5. The summed E-state index contributed by atoms with van der Waals surface area (Å²) >= 11 is 0. The maximum atomic E-state index is 11.5. The van der Waals surface area contributed by atoms with Gasteiger partial charge in [0.1, 0.15) is 0 Å². The van der Waals surface area contributed by atoms with Gasteiger partial charge in [0, 0.05) is 12.2 Å². The van der Waals surface area contributed by atoms with Crippen LogP contribution in [0.2, 0.25) is 18.1 Å². The summed E-state index contributed by atoms with van der Waals surface area (Å²) in [7, 11) is -1.79. The summed E-state index contributed by atoms with van der Waals surface area (Å²) in [6.45, 7) is 15.9. The van der Waals surface area contributed by atoms with Crippen LogP contribution in [0.25, 0.3) is 0 Å². The smallest absolute Gasteiger partial charge is 0.330 e. The van der Waals surface area contributed by atoms with Gasteiger partial charge in [-0.05, 0) is 37.9 Å². The quantitative estimate of drug-likeness (QED) is 0.179. The van der Waals surface area contributed by atoms with E-state index < -0.39 is 8.32 Å². The van der Waals surface area contributed by atoms with Crippen molar-refractivity contribution in [3.05, 3.63) is 12.2 Å². The van der Waals surface area contributed by atoms with Crippen molar-refractivity contribution in [2.24, 2.45) is 0 Å². The molecule has 0 amide bonds. The van der Waals surface area contributed by atoms with E-state index in [0.717, 1.165) is 12.8 Å². The van der Waals surface area contributed by atoms with E-state index in [9.17, 15) is 4.79 Å². The molecule has 0 aliphatic heterocycles. The lowest BCUT2D eigenvalue weighted by atomic mass is 10.1. The molecular weight excluding hydrogens is 316 g/mol. The van der Waals surface area contributed by atoms with Crippen LogP contribution in [-0.4, -0.2) is 27.0 Å². The lowest BCUT2D eigenvalue weighted by Crippen LogP contribution is -2.43. The fraction of sp³-hybridized carbons (Fsp3) is 0.850. The SMILES string of the molecule is CCCCCCC[C@H](C/C=C\C(=O)OCC)O[Si](C)(C)C(C)(C)C. The minimum absolute atomic E-state index is 0.207. The predicted octanol–water partition coefficient (Wildman–Crippen LogP) is 6.25. The van der Waals surface area contributed by atoms with Crippen LogP contribution in [-0.2, 0) is 14.0 Å². The summed E-state index contributed by atoms with van der Waals surface area (Å²) < 4.78 is 11.5. The third kappa shape index (κ3) is 10.3. The Morgan fingerprint density at radius 1 is 1.08 bits per heavy atom. The summed E-state index contributed by atoms with van der Waals surface area (Å²) in [5, 5.41) is 0.207. The Bertz CT molecular complexity index is 370. The van der Waals surface area contributed by atoms with Crippen LogP contribution in [0.5, 0.6) is 0 Å². The van der Waals surface area contributed by atoms with E-state index in [4.69, 9.17) is 9.16 Å². The van der Waals surface area contributed by atoms with E-state index in [1.165, 1.54) is 32.1 Å². The van der Waals surface area contributed by atoms with Crippen molar-refractivity contribution in [1.29, 1.82) is 0 Å². The van der Waals surface area contributed by atoms with E-state index in [1.807, 2.05) is 13.0 Å². The second-order valence-electron chi connectivity index (χ2n) is 8.09. The van der Waals surface area contributed by atoms with Gasteiger partial charge in [-0.3, -0.25) is 0 Å². The first kappa shape index (κ1) is 23.4. The number of hydrogen-bond donors (Lipinski definition) is 0. The van der Waals surface area contributed by atoms with Gasteiger partial charge in [0.15, 0.2) is 8.32 Å². The molecule has 0 saturated heterocycles. The van der Waals surface area contributed by atoms with E-state index in [2.05, 4.69) is 40.8 Å². The maximum absolute atomic E-state index is 11.5. The van der Waals surface area contributed by atoms with Gasteiger partial charge in [-0.2, -0.15) is 0 Å². The predicted molar refractivity (Wildman–Crippen MR) is 106 cm³/mol. The van der Waals surface area contributed by atoms with Crippen molar-refractivity contribution >= 4 is 14.3 Å². The van der Waals surface area contributed by atoms with Crippen LogP contribution in [0, 0.1) is 0 Å². The summed E-state index contributed by atoms with van der Waals surface area (Å²) in [6.07, 6.45) is 11.9. The number of carbonyl (C=O) groups excluding carboxylic acids is 1. The average molecular weight is 357 g/mol. The Morgan fingerprint density at radius 3 is 2.25 bits per heavy atom. The van der Waals surface area contributed by atoms with Crippen molar-refractivity contribution in [3.8, 4) is 0 Å². The first-order valence-electron chi connectivity index (χ1n) is 9.65. The van der Waals surface area contributed by atoms with Gasteiger partial charge >= 0.3 is 5.97 Å². The molecule has 0 fully saturated rings. The van der Waals surface area contributed by atoms with Crippen molar-refractivity contribution in [3.63, 3.8) is 0 Å². The fourth-order valence-corrected chi connectivity index (χ4v) is 3.70. The molecule has 142 valence electrons. The van der Waals surface area contributed by atoms with Gasteiger partial charge in [0.2, 0.25) is 0 Å². The molecular formula is C20H40O3Si. The highest BCUT2D eigenvalue weighted by atomic mass is 28.4.